The molecule has 0 aliphatic carbocycles. The molecule has 1 aromatic carbocycles. The van der Waals surface area contributed by atoms with Crippen LogP contribution in [0, 0.1) is 12.8 Å². The van der Waals surface area contributed by atoms with Gasteiger partial charge in [0.1, 0.15) is 5.82 Å². The molecular weight excluding hydrogens is 316 g/mol. The van der Waals surface area contributed by atoms with Crippen molar-refractivity contribution in [1.82, 2.24) is 19.7 Å². The first-order valence-electron chi connectivity index (χ1n) is 8.87. The van der Waals surface area contributed by atoms with Crippen LogP contribution in [0.3, 0.4) is 0 Å². The summed E-state index contributed by atoms with van der Waals surface area (Å²) in [5.74, 6) is 1.87. The average molecular weight is 344 g/mol. The summed E-state index contributed by atoms with van der Waals surface area (Å²) in [7, 11) is 3.74. The van der Waals surface area contributed by atoms with E-state index in [2.05, 4.69) is 36.1 Å². The fraction of sp³-hybridized carbons (Fsp3) is 0.579. The van der Waals surface area contributed by atoms with Crippen molar-refractivity contribution in [2.45, 2.75) is 38.9 Å². The Kier molecular flexibility index (Phi) is 5.51. The van der Waals surface area contributed by atoms with Gasteiger partial charge in [-0.15, -0.1) is 0 Å². The van der Waals surface area contributed by atoms with Crippen molar-refractivity contribution in [2.75, 3.05) is 27.2 Å². The van der Waals surface area contributed by atoms with Gasteiger partial charge in [-0.2, -0.15) is 5.10 Å². The summed E-state index contributed by atoms with van der Waals surface area (Å²) in [6.07, 6.45) is 1.16. The molecule has 2 aromatic rings. The Hall–Kier alpha value is -1.76. The first kappa shape index (κ1) is 18.0. The number of likely N-dealkylation sites (N-methyl/N-ethyl adjacent to an activating group) is 1. The van der Waals surface area contributed by atoms with Crippen LogP contribution in [0.4, 0.5) is 0 Å². The van der Waals surface area contributed by atoms with Crippen molar-refractivity contribution < 1.29 is 9.84 Å². The number of β-amino-alcohol motifs (C(OH)–C–C–N with tert-alkyl or cyclic N) is 1. The molecule has 1 fully saturated rings. The zero-order valence-electron chi connectivity index (χ0n) is 15.5. The normalized spacial score (nSPS) is 22.4. The van der Waals surface area contributed by atoms with E-state index in [0.29, 0.717) is 12.8 Å². The van der Waals surface area contributed by atoms with Gasteiger partial charge in [0.25, 0.3) is 0 Å². The molecule has 0 radical (unpaired) electrons. The second-order valence-electron chi connectivity index (χ2n) is 7.19. The van der Waals surface area contributed by atoms with Crippen LogP contribution in [-0.2, 0) is 17.6 Å². The number of ether oxygens (including phenoxy) is 1. The predicted molar refractivity (Wildman–Crippen MR) is 97.0 cm³/mol. The van der Waals surface area contributed by atoms with Crippen molar-refractivity contribution in [3.05, 3.63) is 41.5 Å². The first-order valence-corrected chi connectivity index (χ1v) is 8.87. The van der Waals surface area contributed by atoms with E-state index in [9.17, 15) is 5.11 Å². The number of aromatic nitrogens is 3. The smallest absolute Gasteiger partial charge is 0.153 e. The molecule has 1 N–H and O–H groups in total. The van der Waals surface area contributed by atoms with Gasteiger partial charge in [0, 0.05) is 39.0 Å². The van der Waals surface area contributed by atoms with Crippen molar-refractivity contribution in [3.8, 4) is 5.69 Å². The quantitative estimate of drug-likeness (QED) is 0.863. The van der Waals surface area contributed by atoms with E-state index in [4.69, 9.17) is 14.8 Å². The second kappa shape index (κ2) is 7.64. The lowest BCUT2D eigenvalue weighted by atomic mass is 10.0. The highest BCUT2D eigenvalue weighted by Crippen LogP contribution is 2.22. The Balaban J connectivity index is 1.89. The fourth-order valence-electron chi connectivity index (χ4n) is 3.34. The zero-order valence-corrected chi connectivity index (χ0v) is 15.5. The molecule has 1 unspecified atom stereocenters. The van der Waals surface area contributed by atoms with Crippen LogP contribution in [0.1, 0.15) is 24.1 Å². The average Bonchev–Trinajstić information content (AvgIpc) is 3.11. The van der Waals surface area contributed by atoms with Gasteiger partial charge >= 0.3 is 0 Å². The third kappa shape index (κ3) is 4.26. The SMILES string of the molecule is COC(C)Cc1nc(C[C@@H]2CN(C)C[C@H]2O)n(-c2ccc(C)cc2)n1. The molecule has 0 bridgehead atoms. The van der Waals surface area contributed by atoms with Gasteiger partial charge in [-0.25, -0.2) is 9.67 Å². The highest BCUT2D eigenvalue weighted by molar-refractivity contribution is 5.34. The van der Waals surface area contributed by atoms with Crippen LogP contribution in [0.5, 0.6) is 0 Å². The minimum absolute atomic E-state index is 0.0740. The van der Waals surface area contributed by atoms with Crippen LogP contribution >= 0.6 is 0 Å². The number of methoxy groups -OCH3 is 1. The van der Waals surface area contributed by atoms with Gasteiger partial charge in [-0.1, -0.05) is 17.7 Å². The van der Waals surface area contributed by atoms with E-state index < -0.39 is 0 Å². The number of rotatable bonds is 6. The highest BCUT2D eigenvalue weighted by atomic mass is 16.5. The Morgan fingerprint density at radius 2 is 2.00 bits per heavy atom. The summed E-state index contributed by atoms with van der Waals surface area (Å²) in [6, 6.07) is 8.29. The molecule has 6 heteroatoms. The summed E-state index contributed by atoms with van der Waals surface area (Å²) in [5.41, 5.74) is 2.22. The maximum Gasteiger partial charge on any atom is 0.153 e. The van der Waals surface area contributed by atoms with Crippen LogP contribution in [-0.4, -0.2) is 64.2 Å². The van der Waals surface area contributed by atoms with E-state index in [-0.39, 0.29) is 18.1 Å². The highest BCUT2D eigenvalue weighted by Gasteiger charge is 2.31. The number of aryl methyl sites for hydroxylation is 1. The fourth-order valence-corrected chi connectivity index (χ4v) is 3.34. The number of aliphatic hydroxyl groups is 1. The van der Waals surface area contributed by atoms with Gasteiger partial charge in [0.05, 0.1) is 17.9 Å². The van der Waals surface area contributed by atoms with E-state index in [1.54, 1.807) is 7.11 Å². The van der Waals surface area contributed by atoms with Gasteiger partial charge in [-0.05, 0) is 33.0 Å². The van der Waals surface area contributed by atoms with Gasteiger partial charge in [0.2, 0.25) is 0 Å². The predicted octanol–water partition coefficient (Wildman–Crippen LogP) is 1.62. The molecular formula is C19H28N4O2. The van der Waals surface area contributed by atoms with Crippen molar-refractivity contribution >= 4 is 0 Å². The number of hydrogen-bond donors (Lipinski definition) is 1. The van der Waals surface area contributed by atoms with Crippen LogP contribution in [0.15, 0.2) is 24.3 Å². The molecule has 1 saturated heterocycles. The third-order valence-electron chi connectivity index (χ3n) is 4.90. The summed E-state index contributed by atoms with van der Waals surface area (Å²) in [4.78, 5) is 6.92. The Bertz CT molecular complexity index is 698. The molecule has 0 saturated carbocycles. The third-order valence-corrected chi connectivity index (χ3v) is 4.90. The van der Waals surface area contributed by atoms with Crippen molar-refractivity contribution in [1.29, 1.82) is 0 Å². The summed E-state index contributed by atoms with van der Waals surface area (Å²) < 4.78 is 7.27. The lowest BCUT2D eigenvalue weighted by Gasteiger charge is -2.13. The van der Waals surface area contributed by atoms with Gasteiger partial charge < -0.3 is 14.7 Å². The minimum Gasteiger partial charge on any atom is -0.391 e. The first-order chi connectivity index (χ1) is 12.0. The largest absolute Gasteiger partial charge is 0.391 e. The Labute approximate surface area is 149 Å². The molecule has 6 nitrogen and oxygen atoms in total. The van der Waals surface area contributed by atoms with E-state index in [0.717, 1.165) is 30.4 Å². The van der Waals surface area contributed by atoms with Crippen molar-refractivity contribution in [3.63, 3.8) is 0 Å². The Morgan fingerprint density at radius 1 is 1.28 bits per heavy atom. The molecule has 25 heavy (non-hydrogen) atoms. The second-order valence-corrected chi connectivity index (χ2v) is 7.19. The molecule has 1 aliphatic heterocycles. The molecule has 3 atom stereocenters. The molecule has 136 valence electrons. The number of hydrogen-bond acceptors (Lipinski definition) is 5. The monoisotopic (exact) mass is 344 g/mol. The van der Waals surface area contributed by atoms with Crippen LogP contribution in [0.25, 0.3) is 5.69 Å². The number of aliphatic hydroxyl groups excluding tert-OH is 1. The zero-order chi connectivity index (χ0) is 18.0. The Morgan fingerprint density at radius 3 is 2.60 bits per heavy atom. The number of nitrogens with zero attached hydrogens (tertiary/aromatic N) is 4. The van der Waals surface area contributed by atoms with Crippen LogP contribution in [0.2, 0.25) is 0 Å². The van der Waals surface area contributed by atoms with E-state index >= 15 is 0 Å². The summed E-state index contributed by atoms with van der Waals surface area (Å²) in [5, 5.41) is 15.0. The molecule has 1 aliphatic rings. The number of likely N-dealkylation sites (tertiary alicyclic amines) is 1. The topological polar surface area (TPSA) is 63.4 Å². The molecule has 3 rings (SSSR count). The maximum absolute atomic E-state index is 10.3. The van der Waals surface area contributed by atoms with E-state index in [1.807, 2.05) is 18.7 Å². The minimum atomic E-state index is -0.311. The molecule has 0 spiro atoms. The molecule has 2 heterocycles. The summed E-state index contributed by atoms with van der Waals surface area (Å²) in [6.45, 7) is 5.69. The van der Waals surface area contributed by atoms with Gasteiger partial charge in [-0.3, -0.25) is 0 Å². The maximum atomic E-state index is 10.3. The standard InChI is InChI=1S/C19H28N4O2/c1-13-5-7-16(8-6-13)23-19(10-15-11-22(3)12-17(15)24)20-18(21-23)9-14(2)25-4/h5-8,14-15,17,24H,9-12H2,1-4H3/t14?,15-,17-/m1/s1. The van der Waals surface area contributed by atoms with E-state index in [1.165, 1.54) is 5.56 Å². The van der Waals surface area contributed by atoms with Gasteiger partial charge in [0.15, 0.2) is 5.82 Å². The molecule has 1 aromatic heterocycles. The van der Waals surface area contributed by atoms with Crippen molar-refractivity contribution in [2.24, 2.45) is 5.92 Å². The molecule has 0 amide bonds. The summed E-state index contributed by atoms with van der Waals surface area (Å²) >= 11 is 0. The number of benzene rings is 1. The van der Waals surface area contributed by atoms with Crippen LogP contribution < -0.4 is 0 Å². The lowest BCUT2D eigenvalue weighted by Crippen LogP contribution is -2.21. The lowest BCUT2D eigenvalue weighted by molar-refractivity contribution is 0.117.